The van der Waals surface area contributed by atoms with Crippen LogP contribution < -0.4 is 14.2 Å². The van der Waals surface area contributed by atoms with Crippen LogP contribution in [0, 0.1) is 13.8 Å². The molecule has 0 aliphatic heterocycles. The Bertz CT molecular complexity index is 930. The van der Waals surface area contributed by atoms with E-state index < -0.39 is 0 Å². The molecule has 0 amide bonds. The molecule has 0 atom stereocenters. The van der Waals surface area contributed by atoms with Crippen molar-refractivity contribution in [2.45, 2.75) is 44.9 Å². The zero-order valence-corrected chi connectivity index (χ0v) is 18.0. The van der Waals surface area contributed by atoms with Gasteiger partial charge in [0.2, 0.25) is 11.6 Å². The molecule has 0 bridgehead atoms. The molecular weight excluding hydrogens is 392 g/mol. The highest BCUT2D eigenvalue weighted by Gasteiger charge is 2.19. The van der Waals surface area contributed by atoms with Gasteiger partial charge >= 0.3 is 0 Å². The molecule has 2 heterocycles. The topological polar surface area (TPSA) is 92.4 Å². The molecule has 0 spiro atoms. The summed E-state index contributed by atoms with van der Waals surface area (Å²) in [5.41, 5.74) is 1.57. The van der Waals surface area contributed by atoms with E-state index in [0.717, 1.165) is 10.7 Å². The van der Waals surface area contributed by atoms with Gasteiger partial charge in [-0.1, -0.05) is 0 Å². The van der Waals surface area contributed by atoms with E-state index in [2.05, 4.69) is 20.2 Å². The summed E-state index contributed by atoms with van der Waals surface area (Å²) in [6.45, 7) is 11.0. The molecule has 0 saturated carbocycles. The molecule has 2 aromatic heterocycles. The largest absolute Gasteiger partial charge is 0.490 e. The van der Waals surface area contributed by atoms with E-state index in [1.165, 1.54) is 11.8 Å². The number of benzene rings is 1. The molecule has 3 rings (SSSR count). The number of ether oxygens (including phenoxy) is 3. The standard InChI is InChI=1S/C20H24N4O4S/c1-6-25-15-10-14(11-16(26-7-2)18(15)27-8-3)19-23-24-20(28-19)29-17-9-12(4)21-13(5)22-17/h9-11H,6-8H2,1-5H3. The fourth-order valence-corrected chi connectivity index (χ4v) is 3.49. The third-order valence-corrected chi connectivity index (χ3v) is 4.45. The van der Waals surface area contributed by atoms with Crippen LogP contribution in [0.25, 0.3) is 11.5 Å². The van der Waals surface area contributed by atoms with E-state index in [1.54, 1.807) is 0 Å². The van der Waals surface area contributed by atoms with Crippen molar-refractivity contribution >= 4 is 11.8 Å². The Labute approximate surface area is 174 Å². The van der Waals surface area contributed by atoms with Crippen LogP contribution in [0.1, 0.15) is 32.3 Å². The van der Waals surface area contributed by atoms with Crippen LogP contribution in [0.2, 0.25) is 0 Å². The molecule has 1 aromatic carbocycles. The third-order valence-electron chi connectivity index (χ3n) is 3.70. The Morgan fingerprint density at radius 3 is 2.10 bits per heavy atom. The molecule has 3 aromatic rings. The molecule has 0 saturated heterocycles. The van der Waals surface area contributed by atoms with Crippen LogP contribution in [0.4, 0.5) is 0 Å². The molecule has 8 nitrogen and oxygen atoms in total. The lowest BCUT2D eigenvalue weighted by Crippen LogP contribution is -2.03. The maximum Gasteiger partial charge on any atom is 0.283 e. The van der Waals surface area contributed by atoms with Crippen LogP contribution in [0.15, 0.2) is 32.9 Å². The van der Waals surface area contributed by atoms with E-state index in [-0.39, 0.29) is 0 Å². The fourth-order valence-electron chi connectivity index (χ4n) is 2.70. The average molecular weight is 417 g/mol. The average Bonchev–Trinajstić information content (AvgIpc) is 3.12. The van der Waals surface area contributed by atoms with Gasteiger partial charge in [-0.05, 0) is 64.6 Å². The zero-order valence-electron chi connectivity index (χ0n) is 17.2. The Hall–Kier alpha value is -2.81. The van der Waals surface area contributed by atoms with E-state index >= 15 is 0 Å². The van der Waals surface area contributed by atoms with E-state index in [0.29, 0.717) is 59.6 Å². The lowest BCUT2D eigenvalue weighted by atomic mass is 10.2. The Balaban J connectivity index is 1.93. The molecule has 154 valence electrons. The van der Waals surface area contributed by atoms with Gasteiger partial charge in [0.25, 0.3) is 5.22 Å². The summed E-state index contributed by atoms with van der Waals surface area (Å²) < 4.78 is 23.1. The Morgan fingerprint density at radius 2 is 1.52 bits per heavy atom. The predicted octanol–water partition coefficient (Wildman–Crippen LogP) is 4.49. The molecule has 0 fully saturated rings. The number of rotatable bonds is 9. The highest BCUT2D eigenvalue weighted by molar-refractivity contribution is 7.99. The second-order valence-electron chi connectivity index (χ2n) is 5.97. The molecular formula is C20H24N4O4S. The summed E-state index contributed by atoms with van der Waals surface area (Å²) in [4.78, 5) is 8.66. The lowest BCUT2D eigenvalue weighted by Gasteiger charge is -2.16. The maximum absolute atomic E-state index is 5.85. The number of hydrogen-bond acceptors (Lipinski definition) is 9. The second kappa shape index (κ2) is 9.60. The van der Waals surface area contributed by atoms with Gasteiger partial charge in [0, 0.05) is 11.3 Å². The minimum atomic E-state index is 0.361. The quantitative estimate of drug-likeness (QED) is 0.468. The van der Waals surface area contributed by atoms with Gasteiger partial charge in [0.15, 0.2) is 11.5 Å². The first-order chi connectivity index (χ1) is 14.0. The summed E-state index contributed by atoms with van der Waals surface area (Å²) in [7, 11) is 0. The summed E-state index contributed by atoms with van der Waals surface area (Å²) in [6, 6.07) is 5.51. The van der Waals surface area contributed by atoms with Crippen molar-refractivity contribution in [2.75, 3.05) is 19.8 Å². The molecule has 29 heavy (non-hydrogen) atoms. The van der Waals surface area contributed by atoms with Crippen LogP contribution >= 0.6 is 11.8 Å². The van der Waals surface area contributed by atoms with Crippen molar-refractivity contribution in [3.05, 3.63) is 29.7 Å². The summed E-state index contributed by atoms with van der Waals surface area (Å²) in [5, 5.41) is 9.45. The van der Waals surface area contributed by atoms with E-state index in [1.807, 2.05) is 52.8 Å². The van der Waals surface area contributed by atoms with Crippen LogP contribution in [0.3, 0.4) is 0 Å². The second-order valence-corrected chi connectivity index (χ2v) is 6.94. The fraction of sp³-hybridized carbons (Fsp3) is 0.400. The highest BCUT2D eigenvalue weighted by atomic mass is 32.2. The number of aryl methyl sites for hydroxylation is 2. The Kier molecular flexibility index (Phi) is 6.92. The van der Waals surface area contributed by atoms with Gasteiger partial charge in [-0.2, -0.15) is 0 Å². The third kappa shape index (κ3) is 5.17. The first-order valence-corrected chi connectivity index (χ1v) is 10.3. The molecule has 9 heteroatoms. The monoisotopic (exact) mass is 416 g/mol. The van der Waals surface area contributed by atoms with Crippen molar-refractivity contribution in [3.8, 4) is 28.7 Å². The number of nitrogens with zero attached hydrogens (tertiary/aromatic N) is 4. The van der Waals surface area contributed by atoms with E-state index in [9.17, 15) is 0 Å². The summed E-state index contributed by atoms with van der Waals surface area (Å²) in [5.74, 6) is 2.77. The van der Waals surface area contributed by atoms with Gasteiger partial charge in [0.1, 0.15) is 10.9 Å². The minimum Gasteiger partial charge on any atom is -0.490 e. The van der Waals surface area contributed by atoms with Crippen molar-refractivity contribution < 1.29 is 18.6 Å². The van der Waals surface area contributed by atoms with Gasteiger partial charge in [-0.3, -0.25) is 0 Å². The summed E-state index contributed by atoms with van der Waals surface area (Å²) >= 11 is 1.29. The van der Waals surface area contributed by atoms with Gasteiger partial charge < -0.3 is 18.6 Å². The van der Waals surface area contributed by atoms with Crippen LogP contribution in [-0.2, 0) is 0 Å². The summed E-state index contributed by atoms with van der Waals surface area (Å²) in [6.07, 6.45) is 0. The smallest absolute Gasteiger partial charge is 0.283 e. The van der Waals surface area contributed by atoms with E-state index in [4.69, 9.17) is 18.6 Å². The number of aromatic nitrogens is 4. The van der Waals surface area contributed by atoms with Crippen molar-refractivity contribution in [2.24, 2.45) is 0 Å². The van der Waals surface area contributed by atoms with Crippen molar-refractivity contribution in [1.82, 2.24) is 20.2 Å². The molecule has 0 aliphatic rings. The maximum atomic E-state index is 5.85. The number of hydrogen-bond donors (Lipinski definition) is 0. The van der Waals surface area contributed by atoms with Gasteiger partial charge in [-0.25, -0.2) is 9.97 Å². The van der Waals surface area contributed by atoms with Crippen LogP contribution in [-0.4, -0.2) is 40.0 Å². The lowest BCUT2D eigenvalue weighted by molar-refractivity contribution is 0.261. The predicted molar refractivity (Wildman–Crippen MR) is 109 cm³/mol. The first kappa shape index (κ1) is 20.9. The Morgan fingerprint density at radius 1 is 0.862 bits per heavy atom. The zero-order chi connectivity index (χ0) is 20.8. The van der Waals surface area contributed by atoms with Gasteiger partial charge in [-0.15, -0.1) is 10.2 Å². The molecule has 0 N–H and O–H groups in total. The minimum absolute atomic E-state index is 0.361. The molecule has 0 radical (unpaired) electrons. The normalized spacial score (nSPS) is 10.8. The highest BCUT2D eigenvalue weighted by Crippen LogP contribution is 2.42. The van der Waals surface area contributed by atoms with Crippen molar-refractivity contribution in [1.29, 1.82) is 0 Å². The first-order valence-electron chi connectivity index (χ1n) is 9.44. The van der Waals surface area contributed by atoms with Gasteiger partial charge in [0.05, 0.1) is 19.8 Å². The van der Waals surface area contributed by atoms with Crippen LogP contribution in [0.5, 0.6) is 17.2 Å². The molecule has 0 aliphatic carbocycles. The van der Waals surface area contributed by atoms with Crippen molar-refractivity contribution in [3.63, 3.8) is 0 Å². The SMILES string of the molecule is CCOc1cc(-c2nnc(Sc3cc(C)nc(C)n3)o2)cc(OCC)c1OCC. The molecule has 0 unspecified atom stereocenters.